The number of azide groups is 1. The molecule has 5 rings (SSSR count). The van der Waals surface area contributed by atoms with Crippen LogP contribution >= 0.6 is 11.6 Å². The van der Waals surface area contributed by atoms with Gasteiger partial charge in [-0.2, -0.15) is 0 Å². The number of halogens is 1. The number of hydrogen-bond donors (Lipinski definition) is 2. The van der Waals surface area contributed by atoms with Crippen molar-refractivity contribution >= 4 is 17.2 Å². The van der Waals surface area contributed by atoms with Crippen LogP contribution in [0.5, 0.6) is 5.75 Å². The lowest BCUT2D eigenvalue weighted by Crippen LogP contribution is -2.52. The molecule has 3 aromatic rings. The summed E-state index contributed by atoms with van der Waals surface area (Å²) in [5, 5.41) is 26.7. The fourth-order valence-electron chi connectivity index (χ4n) is 5.40. The zero-order chi connectivity index (χ0) is 27.6. The highest BCUT2D eigenvalue weighted by molar-refractivity contribution is 6.30. The lowest BCUT2D eigenvalue weighted by Gasteiger charge is -2.43. The van der Waals surface area contributed by atoms with Crippen molar-refractivity contribution in [1.29, 1.82) is 0 Å². The molecule has 202 valence electrons. The average Bonchev–Trinajstić information content (AvgIpc) is 3.07. The van der Waals surface area contributed by atoms with E-state index in [-0.39, 0.29) is 0 Å². The van der Waals surface area contributed by atoms with Crippen molar-refractivity contribution in [2.24, 2.45) is 5.11 Å². The zero-order valence-electron chi connectivity index (χ0n) is 22.1. The SMILES string of the molecule is CC(C)(O)c1ccc2c(c1)C(=CCCN1CCC(O)(c3ccc(Cl)cc3)C(N=[N+]=[N-])C1)c1cccnc1CO2. The molecule has 2 N–H and O–H groups in total. The Kier molecular flexibility index (Phi) is 7.67. The summed E-state index contributed by atoms with van der Waals surface area (Å²) in [6.07, 6.45) is 5.11. The lowest BCUT2D eigenvalue weighted by molar-refractivity contribution is -0.0432. The lowest BCUT2D eigenvalue weighted by atomic mass is 9.80. The van der Waals surface area contributed by atoms with Crippen LogP contribution in [0.3, 0.4) is 0 Å². The molecule has 0 spiro atoms. The number of likely N-dealkylation sites (tertiary alicyclic amines) is 1. The molecule has 0 saturated carbocycles. The van der Waals surface area contributed by atoms with Crippen LogP contribution < -0.4 is 4.74 Å². The number of piperidine rings is 1. The van der Waals surface area contributed by atoms with Crippen LogP contribution in [0, 0.1) is 0 Å². The third-order valence-corrected chi connectivity index (χ3v) is 7.89. The first-order valence-electron chi connectivity index (χ1n) is 13.1. The molecule has 2 atom stereocenters. The van der Waals surface area contributed by atoms with Gasteiger partial charge in [0.05, 0.1) is 17.3 Å². The number of hydrogen-bond acceptors (Lipinski definition) is 6. The molecule has 39 heavy (non-hydrogen) atoms. The van der Waals surface area contributed by atoms with E-state index < -0.39 is 17.2 Å². The largest absolute Gasteiger partial charge is 0.487 e. The first kappa shape index (κ1) is 27.2. The molecule has 0 amide bonds. The van der Waals surface area contributed by atoms with Crippen LogP contribution in [0.15, 0.2) is 72.0 Å². The molecule has 9 heteroatoms. The van der Waals surface area contributed by atoms with Gasteiger partial charge in [-0.25, -0.2) is 0 Å². The van der Waals surface area contributed by atoms with Gasteiger partial charge in [0.2, 0.25) is 0 Å². The van der Waals surface area contributed by atoms with Crippen LogP contribution in [0.4, 0.5) is 0 Å². The molecule has 2 aliphatic heterocycles. The van der Waals surface area contributed by atoms with Crippen molar-refractivity contribution in [3.05, 3.63) is 110 Å². The van der Waals surface area contributed by atoms with E-state index in [1.165, 1.54) is 0 Å². The predicted octanol–water partition coefficient (Wildman–Crippen LogP) is 5.95. The van der Waals surface area contributed by atoms with Crippen LogP contribution in [-0.2, 0) is 17.8 Å². The Morgan fingerprint density at radius 3 is 2.77 bits per heavy atom. The molecule has 8 nitrogen and oxygen atoms in total. The number of aliphatic hydroxyl groups is 2. The molecule has 2 aromatic carbocycles. The summed E-state index contributed by atoms with van der Waals surface area (Å²) in [6, 6.07) is 16.2. The second-order valence-electron chi connectivity index (χ2n) is 10.7. The molecule has 0 radical (unpaired) electrons. The molecule has 0 aliphatic carbocycles. The number of rotatable bonds is 6. The minimum Gasteiger partial charge on any atom is -0.487 e. The quantitative estimate of drug-likeness (QED) is 0.226. The Balaban J connectivity index is 1.40. The van der Waals surface area contributed by atoms with E-state index in [0.29, 0.717) is 43.2 Å². The normalized spacial score (nSPS) is 22.3. The van der Waals surface area contributed by atoms with Gasteiger partial charge >= 0.3 is 0 Å². The van der Waals surface area contributed by atoms with E-state index in [9.17, 15) is 15.7 Å². The fraction of sp³-hybridized carbons (Fsp3) is 0.367. The van der Waals surface area contributed by atoms with E-state index in [4.69, 9.17) is 16.3 Å². The second kappa shape index (κ2) is 11.0. The Bertz CT molecular complexity index is 1430. The van der Waals surface area contributed by atoms with Crippen LogP contribution in [0.25, 0.3) is 16.0 Å². The number of pyridine rings is 1. The van der Waals surface area contributed by atoms with Gasteiger partial charge in [0.15, 0.2) is 0 Å². The minimum atomic E-state index is -1.25. The van der Waals surface area contributed by atoms with Gasteiger partial charge < -0.3 is 19.8 Å². The highest BCUT2D eigenvalue weighted by Gasteiger charge is 2.42. The smallest absolute Gasteiger partial charge is 0.131 e. The number of nitrogens with zero attached hydrogens (tertiary/aromatic N) is 5. The molecular formula is C30H32ClN5O3. The van der Waals surface area contributed by atoms with Crippen LogP contribution in [0.1, 0.15) is 54.6 Å². The summed E-state index contributed by atoms with van der Waals surface area (Å²) in [5.41, 5.74) is 12.3. The van der Waals surface area contributed by atoms with Crippen LogP contribution in [-0.4, -0.2) is 45.8 Å². The van der Waals surface area contributed by atoms with Crippen LogP contribution in [0.2, 0.25) is 5.02 Å². The highest BCUT2D eigenvalue weighted by Crippen LogP contribution is 2.39. The minimum absolute atomic E-state index is 0.367. The van der Waals surface area contributed by atoms with E-state index in [0.717, 1.165) is 40.1 Å². The van der Waals surface area contributed by atoms with Gasteiger partial charge in [-0.05, 0) is 79.3 Å². The van der Waals surface area contributed by atoms with Crippen molar-refractivity contribution in [1.82, 2.24) is 9.88 Å². The topological polar surface area (TPSA) is 115 Å². The molecule has 1 saturated heterocycles. The molecule has 1 aromatic heterocycles. The summed E-state index contributed by atoms with van der Waals surface area (Å²) in [7, 11) is 0. The average molecular weight is 546 g/mol. The number of aromatic nitrogens is 1. The second-order valence-corrected chi connectivity index (χ2v) is 11.1. The summed E-state index contributed by atoms with van der Waals surface area (Å²) in [5.74, 6) is 0.752. The van der Waals surface area contributed by atoms with Gasteiger partial charge in [0, 0.05) is 46.9 Å². The standard InChI is InChI=1S/C30H32ClN5O3/c1-29(2,37)21-9-12-27-25(17-21)23(24-5-3-14-33-26(24)19-39-27)6-4-15-36-16-13-30(38,28(18-36)34-35-32)20-7-10-22(31)11-8-20/h3,5-12,14,17,28,37-38H,4,13,15-16,18-19H2,1-2H3. The van der Waals surface area contributed by atoms with E-state index in [1.54, 1.807) is 44.3 Å². The van der Waals surface area contributed by atoms with Crippen molar-refractivity contribution in [2.75, 3.05) is 19.6 Å². The number of ether oxygens (including phenoxy) is 1. The zero-order valence-corrected chi connectivity index (χ0v) is 22.8. The maximum atomic E-state index is 11.5. The van der Waals surface area contributed by atoms with Gasteiger partial charge in [-0.1, -0.05) is 47.1 Å². The predicted molar refractivity (Wildman–Crippen MR) is 151 cm³/mol. The van der Waals surface area contributed by atoms with Crippen molar-refractivity contribution < 1.29 is 14.9 Å². The summed E-state index contributed by atoms with van der Waals surface area (Å²) < 4.78 is 6.10. The maximum absolute atomic E-state index is 11.5. The number of benzene rings is 2. The number of fused-ring (bicyclic) bond motifs is 2. The summed E-state index contributed by atoms with van der Waals surface area (Å²) >= 11 is 6.04. The Hall–Kier alpha value is -3.39. The third kappa shape index (κ3) is 5.66. The van der Waals surface area contributed by atoms with Crippen molar-refractivity contribution in [3.63, 3.8) is 0 Å². The van der Waals surface area contributed by atoms with Gasteiger partial charge in [0.25, 0.3) is 0 Å². The molecule has 2 unspecified atom stereocenters. The van der Waals surface area contributed by atoms with Gasteiger partial charge in [-0.15, -0.1) is 0 Å². The van der Waals surface area contributed by atoms with Gasteiger partial charge in [-0.3, -0.25) is 4.98 Å². The molecular weight excluding hydrogens is 514 g/mol. The van der Waals surface area contributed by atoms with Gasteiger partial charge in [0.1, 0.15) is 18.0 Å². The Morgan fingerprint density at radius 2 is 2.03 bits per heavy atom. The van der Waals surface area contributed by atoms with E-state index >= 15 is 0 Å². The third-order valence-electron chi connectivity index (χ3n) is 7.64. The Labute approximate surface area is 233 Å². The molecule has 3 heterocycles. The fourth-order valence-corrected chi connectivity index (χ4v) is 5.53. The monoisotopic (exact) mass is 545 g/mol. The maximum Gasteiger partial charge on any atom is 0.131 e. The first-order valence-corrected chi connectivity index (χ1v) is 13.5. The molecule has 2 aliphatic rings. The van der Waals surface area contributed by atoms with Crippen molar-refractivity contribution in [3.8, 4) is 5.75 Å². The molecule has 1 fully saturated rings. The van der Waals surface area contributed by atoms with E-state index in [2.05, 4.69) is 26.0 Å². The summed E-state index contributed by atoms with van der Waals surface area (Å²) in [4.78, 5) is 9.80. The first-order chi connectivity index (χ1) is 18.7. The summed E-state index contributed by atoms with van der Waals surface area (Å²) in [6.45, 7) is 5.72. The highest BCUT2D eigenvalue weighted by atomic mass is 35.5. The molecule has 0 bridgehead atoms. The van der Waals surface area contributed by atoms with Crippen molar-refractivity contribution in [2.45, 2.75) is 50.5 Å². The van der Waals surface area contributed by atoms with E-state index in [1.807, 2.05) is 30.3 Å². The Morgan fingerprint density at radius 1 is 1.23 bits per heavy atom.